The number of benzene rings is 2. The number of carbonyl (C=O) groups is 3. The topological polar surface area (TPSA) is 79.0 Å². The van der Waals surface area contributed by atoms with E-state index in [-0.39, 0.29) is 24.3 Å². The van der Waals surface area contributed by atoms with Gasteiger partial charge in [-0.05, 0) is 30.7 Å². The smallest absolute Gasteiger partial charge is 0.254 e. The molecule has 2 aromatic carbocycles. The zero-order valence-electron chi connectivity index (χ0n) is 17.2. The van der Waals surface area contributed by atoms with Crippen LogP contribution in [0.2, 0.25) is 5.02 Å². The molecule has 0 aromatic heterocycles. The van der Waals surface area contributed by atoms with Gasteiger partial charge in [0.15, 0.2) is 0 Å². The van der Waals surface area contributed by atoms with Crippen molar-refractivity contribution < 1.29 is 19.1 Å². The summed E-state index contributed by atoms with van der Waals surface area (Å²) in [5.74, 6) is -0.660. The molecule has 2 aliphatic rings. The average Bonchev–Trinajstić information content (AvgIpc) is 2.79. The molecule has 0 saturated carbocycles. The van der Waals surface area contributed by atoms with Crippen LogP contribution in [0.1, 0.15) is 22.8 Å². The minimum atomic E-state index is -0.748. The Kier molecular flexibility index (Phi) is 6.25. The first-order valence-electron chi connectivity index (χ1n) is 10.3. The summed E-state index contributed by atoms with van der Waals surface area (Å²) >= 11 is 5.99. The Balaban J connectivity index is 1.40. The second kappa shape index (κ2) is 9.08. The molecule has 0 spiro atoms. The highest BCUT2D eigenvalue weighted by molar-refractivity contribution is 6.31. The molecule has 0 unspecified atom stereocenters. The fourth-order valence-electron chi connectivity index (χ4n) is 3.97. The van der Waals surface area contributed by atoms with Gasteiger partial charge < -0.3 is 19.9 Å². The van der Waals surface area contributed by atoms with Gasteiger partial charge in [0, 0.05) is 23.7 Å². The molecule has 2 saturated heterocycles. The van der Waals surface area contributed by atoms with Crippen LogP contribution in [-0.2, 0) is 20.9 Å². The SMILES string of the molecule is C[C@@H](OCc1ccccc1)[C@@H]1NC(=O)[C@H]2CN(C(=O)c3cccc(Cl)c3)CCN2C1=O. The van der Waals surface area contributed by atoms with E-state index >= 15 is 0 Å². The summed E-state index contributed by atoms with van der Waals surface area (Å²) in [6.07, 6.45) is -0.483. The molecular formula is C23H24ClN3O4. The highest BCUT2D eigenvalue weighted by Crippen LogP contribution is 2.21. The Labute approximate surface area is 185 Å². The Morgan fingerprint density at radius 2 is 1.94 bits per heavy atom. The summed E-state index contributed by atoms with van der Waals surface area (Å²) in [6, 6.07) is 14.9. The fraction of sp³-hybridized carbons (Fsp3) is 0.348. The van der Waals surface area contributed by atoms with E-state index in [0.29, 0.717) is 30.3 Å². The molecule has 0 bridgehead atoms. The van der Waals surface area contributed by atoms with Crippen LogP contribution in [0.5, 0.6) is 0 Å². The van der Waals surface area contributed by atoms with Gasteiger partial charge in [0.1, 0.15) is 12.1 Å². The first-order valence-corrected chi connectivity index (χ1v) is 10.6. The third-order valence-electron chi connectivity index (χ3n) is 5.71. The summed E-state index contributed by atoms with van der Waals surface area (Å²) in [5, 5.41) is 3.27. The van der Waals surface area contributed by atoms with Crippen LogP contribution in [0.4, 0.5) is 0 Å². The van der Waals surface area contributed by atoms with Gasteiger partial charge in [0.25, 0.3) is 5.91 Å². The molecule has 0 radical (unpaired) electrons. The zero-order chi connectivity index (χ0) is 22.0. The number of ether oxygens (including phenoxy) is 1. The molecule has 31 heavy (non-hydrogen) atoms. The molecule has 3 amide bonds. The third-order valence-corrected chi connectivity index (χ3v) is 5.95. The maximum atomic E-state index is 13.1. The first-order chi connectivity index (χ1) is 14.9. The van der Waals surface area contributed by atoms with Crippen molar-refractivity contribution in [3.8, 4) is 0 Å². The van der Waals surface area contributed by atoms with Gasteiger partial charge in [0.2, 0.25) is 11.8 Å². The average molecular weight is 442 g/mol. The Hall–Kier alpha value is -2.90. The van der Waals surface area contributed by atoms with E-state index in [4.69, 9.17) is 16.3 Å². The van der Waals surface area contributed by atoms with Crippen molar-refractivity contribution in [2.45, 2.75) is 31.7 Å². The summed E-state index contributed by atoms with van der Waals surface area (Å²) in [5.41, 5.74) is 1.46. The number of hydrogen-bond donors (Lipinski definition) is 1. The van der Waals surface area contributed by atoms with Crippen LogP contribution in [0, 0.1) is 0 Å². The normalized spacial score (nSPS) is 22.0. The predicted octanol–water partition coefficient (Wildman–Crippen LogP) is 2.10. The standard InChI is InChI=1S/C23H24ClN3O4/c1-15(31-14-16-6-3-2-4-7-16)20-23(30)27-11-10-26(13-19(27)21(28)25-20)22(29)17-8-5-9-18(24)12-17/h2-9,12,15,19-20H,10-11,13-14H2,1H3,(H,25,28)/t15-,19-,20+/m1/s1. The Bertz CT molecular complexity index is 984. The largest absolute Gasteiger partial charge is 0.371 e. The molecule has 0 aliphatic carbocycles. The lowest BCUT2D eigenvalue weighted by atomic mass is 10.0. The summed E-state index contributed by atoms with van der Waals surface area (Å²) in [6.45, 7) is 2.94. The lowest BCUT2D eigenvalue weighted by Gasteiger charge is -2.46. The Morgan fingerprint density at radius 1 is 1.16 bits per heavy atom. The minimum absolute atomic E-state index is 0.148. The van der Waals surface area contributed by atoms with E-state index in [9.17, 15) is 14.4 Å². The maximum Gasteiger partial charge on any atom is 0.254 e. The van der Waals surface area contributed by atoms with Crippen molar-refractivity contribution in [1.29, 1.82) is 0 Å². The number of halogens is 1. The molecule has 8 heteroatoms. The number of rotatable bonds is 5. The van der Waals surface area contributed by atoms with Crippen molar-refractivity contribution in [1.82, 2.24) is 15.1 Å². The molecular weight excluding hydrogens is 418 g/mol. The summed E-state index contributed by atoms with van der Waals surface area (Å²) in [4.78, 5) is 41.8. The van der Waals surface area contributed by atoms with Gasteiger partial charge in [-0.2, -0.15) is 0 Å². The third kappa shape index (κ3) is 4.57. The zero-order valence-corrected chi connectivity index (χ0v) is 17.9. The van der Waals surface area contributed by atoms with Crippen LogP contribution in [-0.4, -0.2) is 65.3 Å². The van der Waals surface area contributed by atoms with Crippen LogP contribution in [0.25, 0.3) is 0 Å². The van der Waals surface area contributed by atoms with E-state index in [1.54, 1.807) is 41.0 Å². The van der Waals surface area contributed by atoms with E-state index in [0.717, 1.165) is 5.56 Å². The Morgan fingerprint density at radius 3 is 2.68 bits per heavy atom. The molecule has 7 nitrogen and oxygen atoms in total. The number of carbonyl (C=O) groups excluding carboxylic acids is 3. The lowest BCUT2D eigenvalue weighted by molar-refractivity contribution is -0.156. The second-order valence-electron chi connectivity index (χ2n) is 7.80. The van der Waals surface area contributed by atoms with Gasteiger partial charge in [0.05, 0.1) is 19.3 Å². The van der Waals surface area contributed by atoms with Gasteiger partial charge >= 0.3 is 0 Å². The molecule has 3 atom stereocenters. The van der Waals surface area contributed by atoms with Gasteiger partial charge in [-0.3, -0.25) is 14.4 Å². The molecule has 162 valence electrons. The van der Waals surface area contributed by atoms with Crippen molar-refractivity contribution >= 4 is 29.3 Å². The fourth-order valence-corrected chi connectivity index (χ4v) is 4.16. The minimum Gasteiger partial charge on any atom is -0.371 e. The molecule has 2 aliphatic heterocycles. The number of nitrogens with zero attached hydrogens (tertiary/aromatic N) is 2. The first kappa shape index (κ1) is 21.3. The molecule has 2 aromatic rings. The molecule has 2 heterocycles. The number of piperazine rings is 2. The monoisotopic (exact) mass is 441 g/mol. The molecule has 1 N–H and O–H groups in total. The molecule has 4 rings (SSSR count). The van der Waals surface area contributed by atoms with Gasteiger partial charge in [-0.1, -0.05) is 48.0 Å². The highest BCUT2D eigenvalue weighted by Gasteiger charge is 2.46. The predicted molar refractivity (Wildman–Crippen MR) is 115 cm³/mol. The number of hydrogen-bond acceptors (Lipinski definition) is 4. The highest BCUT2D eigenvalue weighted by atomic mass is 35.5. The second-order valence-corrected chi connectivity index (χ2v) is 8.23. The van der Waals surface area contributed by atoms with E-state index in [2.05, 4.69) is 5.32 Å². The summed E-state index contributed by atoms with van der Waals surface area (Å²) < 4.78 is 5.86. The quantitative estimate of drug-likeness (QED) is 0.770. The number of nitrogens with one attached hydrogen (secondary N) is 1. The number of amides is 3. The maximum absolute atomic E-state index is 13.1. The molecule has 2 fully saturated rings. The van der Waals surface area contributed by atoms with Crippen LogP contribution >= 0.6 is 11.6 Å². The van der Waals surface area contributed by atoms with Crippen molar-refractivity contribution in [3.05, 3.63) is 70.7 Å². The van der Waals surface area contributed by atoms with Crippen molar-refractivity contribution in [3.63, 3.8) is 0 Å². The number of fused-ring (bicyclic) bond motifs is 1. The lowest BCUT2D eigenvalue weighted by Crippen LogP contribution is -2.71. The van der Waals surface area contributed by atoms with E-state index in [1.807, 2.05) is 30.3 Å². The van der Waals surface area contributed by atoms with E-state index in [1.165, 1.54) is 0 Å². The van der Waals surface area contributed by atoms with Gasteiger partial charge in [-0.15, -0.1) is 0 Å². The van der Waals surface area contributed by atoms with Crippen molar-refractivity contribution in [2.24, 2.45) is 0 Å². The summed E-state index contributed by atoms with van der Waals surface area (Å²) in [7, 11) is 0. The van der Waals surface area contributed by atoms with Crippen LogP contribution in [0.15, 0.2) is 54.6 Å². The van der Waals surface area contributed by atoms with E-state index < -0.39 is 18.2 Å². The van der Waals surface area contributed by atoms with Gasteiger partial charge in [-0.25, -0.2) is 0 Å². The van der Waals surface area contributed by atoms with Crippen molar-refractivity contribution in [2.75, 3.05) is 19.6 Å². The van der Waals surface area contributed by atoms with Crippen LogP contribution in [0.3, 0.4) is 0 Å². The van der Waals surface area contributed by atoms with Crippen LogP contribution < -0.4 is 5.32 Å².